The Bertz CT molecular complexity index is 379. The lowest BCUT2D eigenvalue weighted by Crippen LogP contribution is -2.05. The summed E-state index contributed by atoms with van der Waals surface area (Å²) in [5.41, 5.74) is 0.526. The van der Waals surface area contributed by atoms with E-state index < -0.39 is 6.10 Å². The molecule has 0 aliphatic rings. The first-order valence-corrected chi connectivity index (χ1v) is 5.50. The fourth-order valence-corrected chi connectivity index (χ4v) is 1.72. The van der Waals surface area contributed by atoms with E-state index in [9.17, 15) is 9.90 Å². The summed E-state index contributed by atoms with van der Waals surface area (Å²) >= 11 is 11.7. The van der Waals surface area contributed by atoms with Gasteiger partial charge in [0.25, 0.3) is 0 Å². The zero-order chi connectivity index (χ0) is 12.1. The average molecular weight is 263 g/mol. The summed E-state index contributed by atoms with van der Waals surface area (Å²) < 4.78 is 4.48. The molecule has 88 valence electrons. The molecule has 16 heavy (non-hydrogen) atoms. The van der Waals surface area contributed by atoms with Gasteiger partial charge >= 0.3 is 5.97 Å². The van der Waals surface area contributed by atoms with Crippen LogP contribution in [0.4, 0.5) is 0 Å². The van der Waals surface area contributed by atoms with Crippen molar-refractivity contribution in [1.82, 2.24) is 0 Å². The number of hydrogen-bond acceptors (Lipinski definition) is 3. The molecule has 1 aromatic carbocycles. The van der Waals surface area contributed by atoms with Gasteiger partial charge < -0.3 is 9.84 Å². The molecule has 1 N–H and O–H groups in total. The molecule has 0 radical (unpaired) electrons. The van der Waals surface area contributed by atoms with Crippen LogP contribution in [0.15, 0.2) is 18.2 Å². The molecule has 0 aliphatic carbocycles. The van der Waals surface area contributed by atoms with Crippen LogP contribution in [0.2, 0.25) is 10.0 Å². The van der Waals surface area contributed by atoms with E-state index in [0.29, 0.717) is 15.6 Å². The quantitative estimate of drug-likeness (QED) is 0.849. The standard InChI is InChI=1S/C11H12Cl2O3/c1-16-10(15)6-5-9(14)7-3-2-4-8(12)11(7)13/h2-4,9,14H,5-6H2,1H3. The van der Waals surface area contributed by atoms with Crippen molar-refractivity contribution in [2.24, 2.45) is 0 Å². The molecule has 0 saturated carbocycles. The Morgan fingerprint density at radius 2 is 2.19 bits per heavy atom. The number of esters is 1. The first kappa shape index (κ1) is 13.3. The summed E-state index contributed by atoms with van der Waals surface area (Å²) in [5, 5.41) is 10.5. The number of rotatable bonds is 4. The monoisotopic (exact) mass is 262 g/mol. The maximum absolute atomic E-state index is 10.9. The van der Waals surface area contributed by atoms with Gasteiger partial charge in [-0.05, 0) is 12.5 Å². The number of methoxy groups -OCH3 is 1. The number of halogens is 2. The highest BCUT2D eigenvalue weighted by atomic mass is 35.5. The molecule has 0 amide bonds. The number of hydrogen-bond donors (Lipinski definition) is 1. The van der Waals surface area contributed by atoms with Gasteiger partial charge in [-0.3, -0.25) is 4.79 Å². The fraction of sp³-hybridized carbons (Fsp3) is 0.364. The summed E-state index contributed by atoms with van der Waals surface area (Å²) in [4.78, 5) is 10.9. The Kier molecular flexibility index (Phi) is 5.06. The SMILES string of the molecule is COC(=O)CCC(O)c1cccc(Cl)c1Cl. The van der Waals surface area contributed by atoms with Crippen molar-refractivity contribution >= 4 is 29.2 Å². The highest BCUT2D eigenvalue weighted by Crippen LogP contribution is 2.31. The number of aliphatic hydroxyl groups is 1. The molecule has 3 nitrogen and oxygen atoms in total. The summed E-state index contributed by atoms with van der Waals surface area (Å²) in [6.07, 6.45) is -0.418. The van der Waals surface area contributed by atoms with Gasteiger partial charge in [-0.15, -0.1) is 0 Å². The van der Waals surface area contributed by atoms with Crippen LogP contribution in [0.5, 0.6) is 0 Å². The Hall–Kier alpha value is -0.770. The average Bonchev–Trinajstić information content (AvgIpc) is 2.29. The Morgan fingerprint density at radius 1 is 1.50 bits per heavy atom. The van der Waals surface area contributed by atoms with Crippen molar-refractivity contribution in [2.75, 3.05) is 7.11 Å². The molecule has 0 spiro atoms. The second kappa shape index (κ2) is 6.09. The molecule has 1 atom stereocenters. The lowest BCUT2D eigenvalue weighted by molar-refractivity contribution is -0.141. The van der Waals surface area contributed by atoms with Gasteiger partial charge in [0.15, 0.2) is 0 Å². The Labute approximate surface area is 104 Å². The molecule has 1 rings (SSSR count). The van der Waals surface area contributed by atoms with E-state index in [1.165, 1.54) is 7.11 Å². The lowest BCUT2D eigenvalue weighted by Gasteiger charge is -2.12. The van der Waals surface area contributed by atoms with Crippen molar-refractivity contribution in [3.63, 3.8) is 0 Å². The van der Waals surface area contributed by atoms with E-state index in [1.54, 1.807) is 18.2 Å². The molecular formula is C11H12Cl2O3. The van der Waals surface area contributed by atoms with E-state index in [4.69, 9.17) is 23.2 Å². The second-order valence-corrected chi connectivity index (χ2v) is 4.06. The minimum Gasteiger partial charge on any atom is -0.469 e. The van der Waals surface area contributed by atoms with Crippen LogP contribution in [-0.2, 0) is 9.53 Å². The first-order valence-electron chi connectivity index (χ1n) is 4.75. The second-order valence-electron chi connectivity index (χ2n) is 3.27. The maximum atomic E-state index is 10.9. The summed E-state index contributed by atoms with van der Waals surface area (Å²) in [6, 6.07) is 5.02. The van der Waals surface area contributed by atoms with E-state index in [1.807, 2.05) is 0 Å². The summed E-state index contributed by atoms with van der Waals surface area (Å²) in [7, 11) is 1.31. The maximum Gasteiger partial charge on any atom is 0.305 e. The zero-order valence-corrected chi connectivity index (χ0v) is 10.3. The van der Waals surface area contributed by atoms with Crippen molar-refractivity contribution in [3.05, 3.63) is 33.8 Å². The normalized spacial score (nSPS) is 12.2. The van der Waals surface area contributed by atoms with Crippen molar-refractivity contribution in [3.8, 4) is 0 Å². The Balaban J connectivity index is 2.69. The molecule has 0 bridgehead atoms. The number of benzene rings is 1. The molecular weight excluding hydrogens is 251 g/mol. The lowest BCUT2D eigenvalue weighted by atomic mass is 10.1. The number of carbonyl (C=O) groups is 1. The van der Waals surface area contributed by atoms with E-state index in [-0.39, 0.29) is 18.8 Å². The van der Waals surface area contributed by atoms with Gasteiger partial charge in [-0.25, -0.2) is 0 Å². The molecule has 0 aliphatic heterocycles. The number of ether oxygens (including phenoxy) is 1. The van der Waals surface area contributed by atoms with Gasteiger partial charge in [0.2, 0.25) is 0 Å². The molecule has 0 saturated heterocycles. The van der Waals surface area contributed by atoms with Crippen molar-refractivity contribution in [1.29, 1.82) is 0 Å². The minimum absolute atomic E-state index is 0.139. The van der Waals surface area contributed by atoms with Gasteiger partial charge in [-0.2, -0.15) is 0 Å². The van der Waals surface area contributed by atoms with Crippen LogP contribution in [0, 0.1) is 0 Å². The molecule has 5 heteroatoms. The molecule has 1 aromatic rings. The third kappa shape index (κ3) is 3.37. The van der Waals surface area contributed by atoms with E-state index in [2.05, 4.69) is 4.74 Å². The zero-order valence-electron chi connectivity index (χ0n) is 8.74. The first-order chi connectivity index (χ1) is 7.56. The third-order valence-electron chi connectivity index (χ3n) is 2.19. The minimum atomic E-state index is -0.815. The van der Waals surface area contributed by atoms with Crippen LogP contribution >= 0.6 is 23.2 Å². The predicted molar refractivity (Wildman–Crippen MR) is 62.7 cm³/mol. The highest BCUT2D eigenvalue weighted by molar-refractivity contribution is 6.42. The highest BCUT2D eigenvalue weighted by Gasteiger charge is 2.15. The molecule has 0 aromatic heterocycles. The topological polar surface area (TPSA) is 46.5 Å². The third-order valence-corrected chi connectivity index (χ3v) is 3.02. The van der Waals surface area contributed by atoms with Crippen LogP contribution in [-0.4, -0.2) is 18.2 Å². The number of carbonyl (C=O) groups excluding carboxylic acids is 1. The predicted octanol–water partition coefficient (Wildman–Crippen LogP) is 2.98. The molecule has 0 heterocycles. The number of aliphatic hydroxyl groups excluding tert-OH is 1. The van der Waals surface area contributed by atoms with Crippen molar-refractivity contribution in [2.45, 2.75) is 18.9 Å². The van der Waals surface area contributed by atoms with Crippen LogP contribution in [0.3, 0.4) is 0 Å². The molecule has 1 unspecified atom stereocenters. The largest absolute Gasteiger partial charge is 0.469 e. The van der Waals surface area contributed by atoms with Gasteiger partial charge in [0, 0.05) is 12.0 Å². The van der Waals surface area contributed by atoms with E-state index >= 15 is 0 Å². The van der Waals surface area contributed by atoms with Crippen LogP contribution in [0.1, 0.15) is 24.5 Å². The van der Waals surface area contributed by atoms with E-state index in [0.717, 1.165) is 0 Å². The fourth-order valence-electron chi connectivity index (χ4n) is 1.29. The van der Waals surface area contributed by atoms with Gasteiger partial charge in [0.1, 0.15) is 0 Å². The summed E-state index contributed by atoms with van der Waals surface area (Å²) in [5.74, 6) is -0.364. The smallest absolute Gasteiger partial charge is 0.305 e. The van der Waals surface area contributed by atoms with Gasteiger partial charge in [0.05, 0.1) is 23.3 Å². The van der Waals surface area contributed by atoms with Gasteiger partial charge in [-0.1, -0.05) is 35.3 Å². The summed E-state index contributed by atoms with van der Waals surface area (Å²) in [6.45, 7) is 0. The van der Waals surface area contributed by atoms with Crippen LogP contribution in [0.25, 0.3) is 0 Å². The Morgan fingerprint density at radius 3 is 2.81 bits per heavy atom. The molecule has 0 fully saturated rings. The van der Waals surface area contributed by atoms with Crippen LogP contribution < -0.4 is 0 Å². The van der Waals surface area contributed by atoms with Crippen molar-refractivity contribution < 1.29 is 14.6 Å².